The first-order valence-electron chi connectivity index (χ1n) is 2.01. The summed E-state index contributed by atoms with van der Waals surface area (Å²) in [7, 11) is -3.72. The largest absolute Gasteiger partial charge is 0.220 e. The van der Waals surface area contributed by atoms with Gasteiger partial charge >= 0.3 is 0 Å². The van der Waals surface area contributed by atoms with Crippen molar-refractivity contribution in [1.82, 2.24) is 0 Å². The summed E-state index contributed by atoms with van der Waals surface area (Å²) in [6.45, 7) is 0. The van der Waals surface area contributed by atoms with Gasteiger partial charge in [0, 0.05) is 0 Å². The molecule has 0 saturated heterocycles. The second-order valence-electron chi connectivity index (χ2n) is 1.52. The van der Waals surface area contributed by atoms with E-state index in [0.717, 1.165) is 0 Å². The molecule has 0 aliphatic carbocycles. The Morgan fingerprint density at radius 1 is 1.11 bits per heavy atom. The molecule has 0 saturated carbocycles. The van der Waals surface area contributed by atoms with Gasteiger partial charge in [0.15, 0.2) is 21.5 Å². The van der Waals surface area contributed by atoms with Gasteiger partial charge in [-0.2, -0.15) is 0 Å². The molecular weight excluding hydrogens is 150 g/mol. The van der Waals surface area contributed by atoms with E-state index in [0.29, 0.717) is 0 Å². The Morgan fingerprint density at radius 2 is 1.44 bits per heavy atom. The maximum absolute atomic E-state index is 11.9. The van der Waals surface area contributed by atoms with Gasteiger partial charge in [-0.3, -0.25) is 0 Å². The fourth-order valence-electron chi connectivity index (χ4n) is 0.435. The first-order valence-corrected chi connectivity index (χ1v) is 3.62. The standard InChI is InChI=1S/C4H2F2O2S/c5-3-1-9(7,8)2-4(3)6/h1-2H. The van der Waals surface area contributed by atoms with Crippen LogP contribution in [0.3, 0.4) is 0 Å². The smallest absolute Gasteiger partial charge is 0.198 e. The topological polar surface area (TPSA) is 34.1 Å². The lowest BCUT2D eigenvalue weighted by atomic mass is 10.6. The lowest BCUT2D eigenvalue weighted by Crippen LogP contribution is -1.81. The van der Waals surface area contributed by atoms with Crippen molar-refractivity contribution in [2.75, 3.05) is 0 Å². The maximum atomic E-state index is 11.9. The molecule has 0 aromatic rings. The molecule has 0 radical (unpaired) electrons. The molecule has 1 aliphatic rings. The molecule has 1 heterocycles. The molecule has 9 heavy (non-hydrogen) atoms. The molecule has 5 heteroatoms. The average molecular weight is 152 g/mol. The Morgan fingerprint density at radius 3 is 1.56 bits per heavy atom. The molecule has 0 spiro atoms. The number of sulfone groups is 1. The molecule has 1 aliphatic heterocycles. The van der Waals surface area contributed by atoms with Gasteiger partial charge in [-0.1, -0.05) is 0 Å². The highest BCUT2D eigenvalue weighted by atomic mass is 32.2. The highest BCUT2D eigenvalue weighted by Gasteiger charge is 2.19. The van der Waals surface area contributed by atoms with Crippen LogP contribution in [0.5, 0.6) is 0 Å². The first kappa shape index (κ1) is 6.41. The summed E-state index contributed by atoms with van der Waals surface area (Å²) in [4.78, 5) is 0. The van der Waals surface area contributed by atoms with Crippen LogP contribution in [0.15, 0.2) is 22.5 Å². The second kappa shape index (κ2) is 1.63. The Bertz CT molecular complexity index is 262. The lowest BCUT2D eigenvalue weighted by Gasteiger charge is -1.75. The zero-order chi connectivity index (χ0) is 7.07. The van der Waals surface area contributed by atoms with E-state index < -0.39 is 21.5 Å². The molecule has 1 rings (SSSR count). The van der Waals surface area contributed by atoms with E-state index >= 15 is 0 Å². The molecule has 2 nitrogen and oxygen atoms in total. The molecule has 0 amide bonds. The van der Waals surface area contributed by atoms with Gasteiger partial charge in [0.25, 0.3) is 0 Å². The van der Waals surface area contributed by atoms with Gasteiger partial charge in [0.1, 0.15) is 0 Å². The van der Waals surface area contributed by atoms with Gasteiger partial charge in [0.05, 0.1) is 10.8 Å². The first-order chi connectivity index (χ1) is 4.01. The molecule has 0 bridgehead atoms. The van der Waals surface area contributed by atoms with Crippen LogP contribution in [0.25, 0.3) is 0 Å². The van der Waals surface area contributed by atoms with Crippen LogP contribution in [0, 0.1) is 0 Å². The number of halogens is 2. The summed E-state index contributed by atoms with van der Waals surface area (Å²) in [6, 6.07) is 0. The molecule has 0 unspecified atom stereocenters. The number of hydrogen-bond acceptors (Lipinski definition) is 2. The van der Waals surface area contributed by atoms with Crippen molar-refractivity contribution >= 4 is 9.84 Å². The maximum Gasteiger partial charge on any atom is 0.198 e. The van der Waals surface area contributed by atoms with Crippen molar-refractivity contribution in [3.05, 3.63) is 22.5 Å². The summed E-state index contributed by atoms with van der Waals surface area (Å²) >= 11 is 0. The van der Waals surface area contributed by atoms with Crippen molar-refractivity contribution in [2.45, 2.75) is 0 Å². The van der Waals surface area contributed by atoms with Crippen molar-refractivity contribution in [3.63, 3.8) is 0 Å². The van der Waals surface area contributed by atoms with E-state index in [4.69, 9.17) is 0 Å². The van der Waals surface area contributed by atoms with E-state index in [1.54, 1.807) is 0 Å². The third-order valence-electron chi connectivity index (χ3n) is 0.764. The van der Waals surface area contributed by atoms with Crippen LogP contribution in [0.4, 0.5) is 8.78 Å². The molecule has 0 aromatic carbocycles. The predicted octanol–water partition coefficient (Wildman–Crippen LogP) is 1.04. The van der Waals surface area contributed by atoms with Crippen LogP contribution in [0.1, 0.15) is 0 Å². The van der Waals surface area contributed by atoms with Crippen molar-refractivity contribution in [2.24, 2.45) is 0 Å². The van der Waals surface area contributed by atoms with Crippen molar-refractivity contribution in [3.8, 4) is 0 Å². The minimum absolute atomic E-state index is 0.238. The molecule has 0 N–H and O–H groups in total. The lowest BCUT2D eigenvalue weighted by molar-refractivity contribution is 0.551. The third-order valence-corrected chi connectivity index (χ3v) is 1.83. The van der Waals surface area contributed by atoms with Crippen LogP contribution in [-0.4, -0.2) is 8.42 Å². The van der Waals surface area contributed by atoms with Crippen LogP contribution < -0.4 is 0 Å². The van der Waals surface area contributed by atoms with E-state index in [1.165, 1.54) is 0 Å². The number of hydrogen-bond donors (Lipinski definition) is 0. The fourth-order valence-corrected chi connectivity index (χ4v) is 1.31. The summed E-state index contributed by atoms with van der Waals surface area (Å²) < 4.78 is 44.1. The SMILES string of the molecule is O=S1(=O)C=C(F)C(F)=C1. The van der Waals surface area contributed by atoms with E-state index in [2.05, 4.69) is 0 Å². The zero-order valence-corrected chi connectivity index (χ0v) is 4.95. The second-order valence-corrected chi connectivity index (χ2v) is 3.17. The quantitative estimate of drug-likeness (QED) is 0.519. The Balaban J connectivity index is 3.27. The summed E-state index contributed by atoms with van der Waals surface area (Å²) in [5, 5.41) is 0.477. The van der Waals surface area contributed by atoms with Gasteiger partial charge in [-0.15, -0.1) is 0 Å². The van der Waals surface area contributed by atoms with Crippen LogP contribution >= 0.6 is 0 Å². The molecular formula is C4H2F2O2S. The van der Waals surface area contributed by atoms with Crippen molar-refractivity contribution in [1.29, 1.82) is 0 Å². The molecule has 50 valence electrons. The fraction of sp³-hybridized carbons (Fsp3) is 0. The Hall–Kier alpha value is -0.710. The number of rotatable bonds is 0. The average Bonchev–Trinajstić information content (AvgIpc) is 1.79. The van der Waals surface area contributed by atoms with E-state index in [1.807, 2.05) is 0 Å². The summed E-state index contributed by atoms with van der Waals surface area (Å²) in [5.74, 6) is -2.65. The van der Waals surface area contributed by atoms with Gasteiger partial charge in [0.2, 0.25) is 0 Å². The Kier molecular flexibility index (Phi) is 1.16. The highest BCUT2D eigenvalue weighted by Crippen LogP contribution is 2.23. The normalized spacial score (nSPS) is 23.3. The third kappa shape index (κ3) is 1.16. The van der Waals surface area contributed by atoms with Crippen LogP contribution in [-0.2, 0) is 9.84 Å². The Labute approximate surface area is 50.4 Å². The molecule has 0 fully saturated rings. The minimum atomic E-state index is -3.72. The molecule has 0 atom stereocenters. The van der Waals surface area contributed by atoms with E-state index in [-0.39, 0.29) is 10.8 Å². The summed E-state index contributed by atoms with van der Waals surface area (Å²) in [6.07, 6.45) is 0. The minimum Gasteiger partial charge on any atom is -0.220 e. The van der Waals surface area contributed by atoms with Gasteiger partial charge < -0.3 is 0 Å². The zero-order valence-electron chi connectivity index (χ0n) is 4.14. The molecule has 0 aromatic heterocycles. The van der Waals surface area contributed by atoms with Gasteiger partial charge in [-0.25, -0.2) is 17.2 Å². The van der Waals surface area contributed by atoms with E-state index in [9.17, 15) is 17.2 Å². The highest BCUT2D eigenvalue weighted by molar-refractivity contribution is 7.97. The van der Waals surface area contributed by atoms with Crippen molar-refractivity contribution < 1.29 is 17.2 Å². The number of allylic oxidation sites excluding steroid dienone is 2. The van der Waals surface area contributed by atoms with Crippen LogP contribution in [0.2, 0.25) is 0 Å². The van der Waals surface area contributed by atoms with Gasteiger partial charge in [-0.05, 0) is 0 Å². The monoisotopic (exact) mass is 152 g/mol. The summed E-state index contributed by atoms with van der Waals surface area (Å²) in [5.41, 5.74) is 0. The predicted molar refractivity (Wildman–Crippen MR) is 27.3 cm³/mol.